The molecule has 0 saturated heterocycles. The highest BCUT2D eigenvalue weighted by Crippen LogP contribution is 2.18. The van der Waals surface area contributed by atoms with Gasteiger partial charge in [-0.25, -0.2) is 0 Å². The van der Waals surface area contributed by atoms with Crippen LogP contribution in [-0.2, 0) is 9.59 Å². The van der Waals surface area contributed by atoms with E-state index >= 15 is 0 Å². The maximum atomic E-state index is 11.9. The van der Waals surface area contributed by atoms with Gasteiger partial charge >= 0.3 is 5.97 Å². The summed E-state index contributed by atoms with van der Waals surface area (Å²) >= 11 is 0. The number of hydrogen-bond acceptors (Lipinski definition) is 3. The molecule has 0 bridgehead atoms. The molecule has 0 aliphatic carbocycles. The molecular weight excluding hydrogens is 258 g/mol. The molecule has 0 saturated carbocycles. The van der Waals surface area contributed by atoms with Gasteiger partial charge in [-0.15, -0.1) is 0 Å². The van der Waals surface area contributed by atoms with Crippen LogP contribution in [0.1, 0.15) is 24.5 Å². The van der Waals surface area contributed by atoms with E-state index in [2.05, 4.69) is 0 Å². The molecule has 0 aliphatic rings. The molecule has 1 amide bonds. The van der Waals surface area contributed by atoms with Crippen LogP contribution < -0.4 is 4.74 Å². The average Bonchev–Trinajstić information content (AvgIpc) is 2.38. The van der Waals surface area contributed by atoms with E-state index in [4.69, 9.17) is 9.84 Å². The van der Waals surface area contributed by atoms with Gasteiger partial charge in [0.05, 0.1) is 6.42 Å². The van der Waals surface area contributed by atoms with Crippen molar-refractivity contribution in [1.29, 1.82) is 0 Å². The third kappa shape index (κ3) is 4.91. The molecule has 20 heavy (non-hydrogen) atoms. The van der Waals surface area contributed by atoms with Crippen molar-refractivity contribution >= 4 is 11.9 Å². The fraction of sp³-hybridized carbons (Fsp3) is 0.467. The Bertz CT molecular complexity index is 485. The highest BCUT2D eigenvalue weighted by molar-refractivity contribution is 5.78. The maximum absolute atomic E-state index is 11.9. The van der Waals surface area contributed by atoms with Crippen LogP contribution in [0.5, 0.6) is 5.75 Å². The summed E-state index contributed by atoms with van der Waals surface area (Å²) in [4.78, 5) is 24.0. The van der Waals surface area contributed by atoms with Gasteiger partial charge < -0.3 is 14.7 Å². The minimum Gasteiger partial charge on any atom is -0.484 e. The van der Waals surface area contributed by atoms with Crippen LogP contribution in [-0.4, -0.2) is 41.6 Å². The van der Waals surface area contributed by atoms with Gasteiger partial charge in [0.25, 0.3) is 5.91 Å². The standard InChI is InChI=1S/C15H21NO4/c1-4-16(8-7-15(18)19)14(17)10-20-13-6-5-11(2)9-12(13)3/h5-6,9H,4,7-8,10H2,1-3H3,(H,18,19). The number of amides is 1. The largest absolute Gasteiger partial charge is 0.484 e. The van der Waals surface area contributed by atoms with E-state index in [1.54, 1.807) is 0 Å². The summed E-state index contributed by atoms with van der Waals surface area (Å²) in [6.45, 7) is 6.35. The number of benzene rings is 1. The molecular formula is C15H21NO4. The summed E-state index contributed by atoms with van der Waals surface area (Å²) in [6, 6.07) is 5.75. The Morgan fingerprint density at radius 3 is 2.55 bits per heavy atom. The molecule has 0 unspecified atom stereocenters. The predicted octanol–water partition coefficient (Wildman–Crippen LogP) is 2.01. The molecule has 1 rings (SSSR count). The topological polar surface area (TPSA) is 66.8 Å². The van der Waals surface area contributed by atoms with Gasteiger partial charge in [-0.3, -0.25) is 9.59 Å². The van der Waals surface area contributed by atoms with Crippen molar-refractivity contribution in [2.24, 2.45) is 0 Å². The van der Waals surface area contributed by atoms with Crippen LogP contribution in [0.3, 0.4) is 0 Å². The normalized spacial score (nSPS) is 10.2. The SMILES string of the molecule is CCN(CCC(=O)O)C(=O)COc1ccc(C)cc1C. The zero-order chi connectivity index (χ0) is 15.1. The number of rotatable bonds is 7. The third-order valence-corrected chi connectivity index (χ3v) is 3.01. The summed E-state index contributed by atoms with van der Waals surface area (Å²) in [5, 5.41) is 8.64. The van der Waals surface area contributed by atoms with Gasteiger partial charge in [-0.1, -0.05) is 17.7 Å². The number of aliphatic carboxylic acids is 1. The molecule has 5 nitrogen and oxygen atoms in total. The van der Waals surface area contributed by atoms with E-state index in [-0.39, 0.29) is 25.5 Å². The second kappa shape index (κ2) is 7.53. The molecule has 0 fully saturated rings. The maximum Gasteiger partial charge on any atom is 0.305 e. The number of ether oxygens (including phenoxy) is 1. The number of aryl methyl sites for hydroxylation is 2. The lowest BCUT2D eigenvalue weighted by Crippen LogP contribution is -2.36. The molecule has 110 valence electrons. The van der Waals surface area contributed by atoms with Gasteiger partial charge in [-0.05, 0) is 32.4 Å². The average molecular weight is 279 g/mol. The van der Waals surface area contributed by atoms with Crippen LogP contribution in [0.25, 0.3) is 0 Å². The highest BCUT2D eigenvalue weighted by atomic mass is 16.5. The first-order chi connectivity index (χ1) is 9.43. The zero-order valence-electron chi connectivity index (χ0n) is 12.2. The van der Waals surface area contributed by atoms with E-state index in [1.165, 1.54) is 4.90 Å². The lowest BCUT2D eigenvalue weighted by Gasteiger charge is -2.20. The Kier molecular flexibility index (Phi) is 6.03. The monoisotopic (exact) mass is 279 g/mol. The van der Waals surface area contributed by atoms with Crippen molar-refractivity contribution in [2.45, 2.75) is 27.2 Å². The van der Waals surface area contributed by atoms with E-state index in [9.17, 15) is 9.59 Å². The smallest absolute Gasteiger partial charge is 0.305 e. The zero-order valence-corrected chi connectivity index (χ0v) is 12.2. The van der Waals surface area contributed by atoms with Crippen molar-refractivity contribution in [1.82, 2.24) is 4.90 Å². The lowest BCUT2D eigenvalue weighted by molar-refractivity contribution is -0.139. The molecule has 0 heterocycles. The van der Waals surface area contributed by atoms with E-state index < -0.39 is 5.97 Å². The first-order valence-electron chi connectivity index (χ1n) is 6.63. The number of carboxylic acid groups (broad SMARTS) is 1. The number of carbonyl (C=O) groups is 2. The fourth-order valence-electron chi connectivity index (χ4n) is 1.88. The lowest BCUT2D eigenvalue weighted by atomic mass is 10.1. The Labute approximate surface area is 119 Å². The predicted molar refractivity (Wildman–Crippen MR) is 75.9 cm³/mol. The summed E-state index contributed by atoms with van der Waals surface area (Å²) in [7, 11) is 0. The van der Waals surface area contributed by atoms with E-state index in [1.807, 2.05) is 39.0 Å². The Hall–Kier alpha value is -2.04. The van der Waals surface area contributed by atoms with Gasteiger partial charge in [0.2, 0.25) is 0 Å². The first-order valence-corrected chi connectivity index (χ1v) is 6.63. The highest BCUT2D eigenvalue weighted by Gasteiger charge is 2.14. The summed E-state index contributed by atoms with van der Waals surface area (Å²) in [5.41, 5.74) is 2.12. The number of hydrogen-bond donors (Lipinski definition) is 1. The summed E-state index contributed by atoms with van der Waals surface area (Å²) in [6.07, 6.45) is -0.0524. The van der Waals surface area contributed by atoms with Crippen molar-refractivity contribution in [3.05, 3.63) is 29.3 Å². The second-order valence-corrected chi connectivity index (χ2v) is 4.67. The van der Waals surface area contributed by atoms with E-state index in [0.29, 0.717) is 12.3 Å². The van der Waals surface area contributed by atoms with Crippen LogP contribution in [0, 0.1) is 13.8 Å². The van der Waals surface area contributed by atoms with Crippen molar-refractivity contribution in [3.63, 3.8) is 0 Å². The number of nitrogens with zero attached hydrogens (tertiary/aromatic N) is 1. The van der Waals surface area contributed by atoms with Crippen LogP contribution in [0.15, 0.2) is 18.2 Å². The second-order valence-electron chi connectivity index (χ2n) is 4.67. The third-order valence-electron chi connectivity index (χ3n) is 3.01. The number of carboxylic acids is 1. The molecule has 5 heteroatoms. The first kappa shape index (κ1) is 16.0. The summed E-state index contributed by atoms with van der Waals surface area (Å²) < 4.78 is 5.50. The molecule has 0 aliphatic heterocycles. The Morgan fingerprint density at radius 2 is 2.00 bits per heavy atom. The Balaban J connectivity index is 2.54. The van der Waals surface area contributed by atoms with Gasteiger partial charge in [0.1, 0.15) is 5.75 Å². The molecule has 0 aromatic heterocycles. The van der Waals surface area contributed by atoms with Gasteiger partial charge in [0, 0.05) is 13.1 Å². The van der Waals surface area contributed by atoms with Crippen LogP contribution in [0.4, 0.5) is 0 Å². The minimum atomic E-state index is -0.911. The molecule has 1 aromatic carbocycles. The minimum absolute atomic E-state index is 0.0524. The Morgan fingerprint density at radius 1 is 1.30 bits per heavy atom. The summed E-state index contributed by atoms with van der Waals surface area (Å²) in [5.74, 6) is -0.432. The molecule has 1 aromatic rings. The van der Waals surface area contributed by atoms with Crippen molar-refractivity contribution < 1.29 is 19.4 Å². The molecule has 0 radical (unpaired) electrons. The van der Waals surface area contributed by atoms with Crippen molar-refractivity contribution in [2.75, 3.05) is 19.7 Å². The van der Waals surface area contributed by atoms with Crippen molar-refractivity contribution in [3.8, 4) is 5.75 Å². The fourth-order valence-corrected chi connectivity index (χ4v) is 1.88. The van der Waals surface area contributed by atoms with Crippen LogP contribution >= 0.6 is 0 Å². The van der Waals surface area contributed by atoms with Gasteiger partial charge in [0.15, 0.2) is 6.61 Å². The molecule has 1 N–H and O–H groups in total. The number of likely N-dealkylation sites (N-methyl/N-ethyl adjacent to an activating group) is 1. The number of carbonyl (C=O) groups excluding carboxylic acids is 1. The van der Waals surface area contributed by atoms with Crippen LogP contribution in [0.2, 0.25) is 0 Å². The van der Waals surface area contributed by atoms with E-state index in [0.717, 1.165) is 11.1 Å². The van der Waals surface area contributed by atoms with Gasteiger partial charge in [-0.2, -0.15) is 0 Å². The molecule has 0 spiro atoms. The quantitative estimate of drug-likeness (QED) is 0.829. The molecule has 0 atom stereocenters.